The number of aliphatic hydroxyl groups is 12. The van der Waals surface area contributed by atoms with E-state index in [9.17, 15) is 76.6 Å². The van der Waals surface area contributed by atoms with Crippen molar-refractivity contribution < 1.29 is 105 Å². The van der Waals surface area contributed by atoms with Crippen molar-refractivity contribution in [1.82, 2.24) is 0 Å². The molecule has 3 aliphatic rings. The highest BCUT2D eigenvalue weighted by Gasteiger charge is 2.47. The van der Waals surface area contributed by atoms with Gasteiger partial charge in [-0.2, -0.15) is 15.3 Å². The van der Waals surface area contributed by atoms with Gasteiger partial charge in [0.2, 0.25) is 18.9 Å². The highest BCUT2D eigenvalue weighted by Crippen LogP contribution is 2.57. The van der Waals surface area contributed by atoms with E-state index >= 15 is 0 Å². The standard InChI is InChI=1S/C42H48N6O21/c49-13-22-28(52)34(58)37(61)40(67-22)64-19-7-1-16(2-8-19)43-46-25-31(55)26(47-44-17-3-9-20(10-4-17)65-41-38(62)35(59)29(53)23(14-50)68-41)33(57)27(32(25)56)48-45-18-5-11-21(12-6-18)66-42-39(63)36(60)30(54)24(15-51)69-42/h1-12,22-24,28-30,34-42,49-63H,13-15H2/b46-43+,47-44+,48-45+/t22-,23-,24-,28-,29-,30-,34+,35+,36+,37-,38-,39-,40-,41-,42-/m1/s1. The average Bonchev–Trinajstić information content (AvgIpc) is 3.35. The molecule has 0 saturated carbocycles. The number of nitrogens with zero attached hydrogens (tertiary/aromatic N) is 6. The summed E-state index contributed by atoms with van der Waals surface area (Å²) in [6.07, 6.45) is -23.0. The number of phenols is 3. The van der Waals surface area contributed by atoms with Gasteiger partial charge in [0, 0.05) is 0 Å². The Kier molecular flexibility index (Phi) is 16.3. The molecule has 0 unspecified atom stereocenters. The highest BCUT2D eigenvalue weighted by atomic mass is 16.7. The van der Waals surface area contributed by atoms with Crippen molar-refractivity contribution in [2.75, 3.05) is 19.8 Å². The van der Waals surface area contributed by atoms with Crippen LogP contribution in [0, 0.1) is 0 Å². The Morgan fingerprint density at radius 2 is 0.565 bits per heavy atom. The van der Waals surface area contributed by atoms with Crippen molar-refractivity contribution >= 4 is 34.1 Å². The van der Waals surface area contributed by atoms with Gasteiger partial charge in [-0.1, -0.05) is 0 Å². The molecule has 0 radical (unpaired) electrons. The molecule has 27 nitrogen and oxygen atoms in total. The molecular formula is C42H48N6O21. The lowest BCUT2D eigenvalue weighted by Gasteiger charge is -2.39. The van der Waals surface area contributed by atoms with E-state index in [1.165, 1.54) is 72.8 Å². The largest absolute Gasteiger partial charge is 0.504 e. The monoisotopic (exact) mass is 972 g/mol. The molecule has 4 aromatic carbocycles. The van der Waals surface area contributed by atoms with Gasteiger partial charge in [0.1, 0.15) is 90.5 Å². The van der Waals surface area contributed by atoms with Crippen LogP contribution < -0.4 is 14.2 Å². The fourth-order valence-electron chi connectivity index (χ4n) is 6.95. The second-order valence-corrected chi connectivity index (χ2v) is 15.6. The van der Waals surface area contributed by atoms with Crippen LogP contribution in [-0.2, 0) is 14.2 Å². The van der Waals surface area contributed by atoms with Crippen molar-refractivity contribution in [3.63, 3.8) is 0 Å². The number of benzene rings is 4. The summed E-state index contributed by atoms with van der Waals surface area (Å²) in [6.45, 7) is -2.02. The molecule has 372 valence electrons. The topological polar surface area (TPSA) is 433 Å². The summed E-state index contributed by atoms with van der Waals surface area (Å²) in [5, 5.41) is 178. The van der Waals surface area contributed by atoms with Crippen LogP contribution in [0.4, 0.5) is 34.1 Å². The Hall–Kier alpha value is -6.12. The van der Waals surface area contributed by atoms with Gasteiger partial charge in [-0.3, -0.25) is 0 Å². The number of hydrogen-bond donors (Lipinski definition) is 15. The van der Waals surface area contributed by atoms with Crippen LogP contribution in [0.2, 0.25) is 0 Å². The molecule has 0 aromatic heterocycles. The molecule has 0 spiro atoms. The van der Waals surface area contributed by atoms with Gasteiger partial charge in [0.25, 0.3) is 0 Å². The first kappa shape index (κ1) is 50.7. The summed E-state index contributed by atoms with van der Waals surface area (Å²) < 4.78 is 32.9. The molecule has 3 saturated heterocycles. The van der Waals surface area contributed by atoms with E-state index in [1.807, 2.05) is 0 Å². The van der Waals surface area contributed by atoms with E-state index < -0.39 is 146 Å². The van der Waals surface area contributed by atoms with E-state index in [0.717, 1.165) is 0 Å². The van der Waals surface area contributed by atoms with E-state index in [-0.39, 0.29) is 34.3 Å². The second-order valence-electron chi connectivity index (χ2n) is 15.6. The van der Waals surface area contributed by atoms with Gasteiger partial charge in [-0.15, -0.1) is 15.3 Å². The molecule has 15 atom stereocenters. The third-order valence-electron chi connectivity index (χ3n) is 11.0. The van der Waals surface area contributed by atoms with Gasteiger partial charge < -0.3 is 105 Å². The van der Waals surface area contributed by atoms with Crippen LogP contribution in [0.25, 0.3) is 0 Å². The quantitative estimate of drug-likeness (QED) is 0.0673. The molecule has 27 heteroatoms. The van der Waals surface area contributed by atoms with Gasteiger partial charge in [-0.05, 0) is 72.8 Å². The molecule has 0 bridgehead atoms. The number of phenolic OH excluding ortho intramolecular Hbond substituents is 3. The number of azo groups is 3. The van der Waals surface area contributed by atoms with Gasteiger partial charge >= 0.3 is 0 Å². The van der Waals surface area contributed by atoms with Crippen molar-refractivity contribution in [2.45, 2.75) is 92.1 Å². The van der Waals surface area contributed by atoms with Gasteiger partial charge in [0.15, 0.2) is 34.3 Å². The van der Waals surface area contributed by atoms with E-state index in [0.29, 0.717) is 0 Å². The van der Waals surface area contributed by atoms with E-state index in [1.54, 1.807) is 0 Å². The Bertz CT molecular complexity index is 2140. The Morgan fingerprint density at radius 3 is 0.783 bits per heavy atom. The highest BCUT2D eigenvalue weighted by molar-refractivity contribution is 5.86. The van der Waals surface area contributed by atoms with Crippen LogP contribution in [0.1, 0.15) is 0 Å². The van der Waals surface area contributed by atoms with Crippen LogP contribution in [0.5, 0.6) is 34.5 Å². The zero-order chi connectivity index (χ0) is 49.7. The number of ether oxygens (including phenoxy) is 6. The summed E-state index contributed by atoms with van der Waals surface area (Å²) in [6, 6.07) is 16.3. The molecule has 0 amide bonds. The SMILES string of the molecule is OC[C@H]1O[C@@H](Oc2ccc(/N=N/c3c(O)c(/N=N/c4ccc(O[C@@H]5O[C@H](CO)[C@@H](O)[C@H](O)[C@H]5O)cc4)c(O)c(/N=N/c4ccc(O[C@@H]5O[C@H](CO)[C@@H](O)[C@H](O)[C@H]5O)cc4)c3O)cc2)[C@H](O)[C@@H](O)[C@@H]1O. The maximum absolute atomic E-state index is 11.3. The second kappa shape index (κ2) is 22.1. The van der Waals surface area contributed by atoms with Crippen LogP contribution in [0.3, 0.4) is 0 Å². The minimum absolute atomic E-state index is 0.0842. The number of aromatic hydroxyl groups is 3. The first-order valence-corrected chi connectivity index (χ1v) is 20.8. The summed E-state index contributed by atoms with van der Waals surface area (Å²) in [5.74, 6) is -2.55. The zero-order valence-electron chi connectivity index (χ0n) is 35.6. The molecule has 15 N–H and O–H groups in total. The fraction of sp³-hybridized carbons (Fsp3) is 0.429. The molecule has 3 aliphatic heterocycles. The maximum Gasteiger partial charge on any atom is 0.229 e. The Labute approximate surface area is 388 Å². The first-order chi connectivity index (χ1) is 33.0. The summed E-state index contributed by atoms with van der Waals surface area (Å²) in [5.41, 5.74) is -1.76. The third-order valence-corrected chi connectivity index (χ3v) is 11.0. The molecule has 0 aliphatic carbocycles. The first-order valence-electron chi connectivity index (χ1n) is 20.8. The smallest absolute Gasteiger partial charge is 0.229 e. The number of hydrogen-bond acceptors (Lipinski definition) is 27. The van der Waals surface area contributed by atoms with E-state index in [2.05, 4.69) is 30.7 Å². The van der Waals surface area contributed by atoms with Crippen molar-refractivity contribution in [3.05, 3.63) is 72.8 Å². The Morgan fingerprint density at radius 1 is 0.333 bits per heavy atom. The number of rotatable bonds is 15. The average molecular weight is 973 g/mol. The van der Waals surface area contributed by atoms with Gasteiger partial charge in [0.05, 0.1) is 36.9 Å². The van der Waals surface area contributed by atoms with E-state index in [4.69, 9.17) is 28.4 Å². The predicted octanol–water partition coefficient (Wildman–Crippen LogP) is -0.414. The van der Waals surface area contributed by atoms with Crippen LogP contribution in [0.15, 0.2) is 103 Å². The molecule has 3 fully saturated rings. The summed E-state index contributed by atoms with van der Waals surface area (Å²) in [4.78, 5) is 0. The predicted molar refractivity (Wildman–Crippen MR) is 226 cm³/mol. The third kappa shape index (κ3) is 11.2. The molecular weight excluding hydrogens is 924 g/mol. The molecule has 3 heterocycles. The lowest BCUT2D eigenvalue weighted by molar-refractivity contribution is -0.277. The summed E-state index contributed by atoms with van der Waals surface area (Å²) >= 11 is 0. The normalized spacial score (nSPS) is 31.9. The zero-order valence-corrected chi connectivity index (χ0v) is 35.6. The van der Waals surface area contributed by atoms with Crippen molar-refractivity contribution in [2.24, 2.45) is 30.7 Å². The molecule has 69 heavy (non-hydrogen) atoms. The Balaban J connectivity index is 1.13. The lowest BCUT2D eigenvalue weighted by Crippen LogP contribution is -2.60. The van der Waals surface area contributed by atoms with Gasteiger partial charge in [-0.25, -0.2) is 0 Å². The number of aliphatic hydroxyl groups excluding tert-OH is 12. The van der Waals surface area contributed by atoms with Crippen LogP contribution >= 0.6 is 0 Å². The molecule has 4 aromatic rings. The summed E-state index contributed by atoms with van der Waals surface area (Å²) in [7, 11) is 0. The fourth-order valence-corrected chi connectivity index (χ4v) is 6.95. The minimum atomic E-state index is -1.69. The molecule has 7 rings (SSSR count). The lowest BCUT2D eigenvalue weighted by atomic mass is 9.99. The van der Waals surface area contributed by atoms with Crippen molar-refractivity contribution in [3.8, 4) is 34.5 Å². The maximum atomic E-state index is 11.3. The minimum Gasteiger partial charge on any atom is -0.504 e. The van der Waals surface area contributed by atoms with Crippen LogP contribution in [-0.4, -0.2) is 189 Å². The van der Waals surface area contributed by atoms with Crippen molar-refractivity contribution in [1.29, 1.82) is 0 Å².